The molecule has 1 aromatic rings. The topological polar surface area (TPSA) is 82.9 Å². The fraction of sp³-hybridized carbons (Fsp3) is 0.600. The Labute approximate surface area is 128 Å². The molecule has 2 heterocycles. The third-order valence-electron chi connectivity index (χ3n) is 4.31. The van der Waals surface area contributed by atoms with Gasteiger partial charge in [-0.1, -0.05) is 20.8 Å². The fourth-order valence-electron chi connectivity index (χ4n) is 3.38. The molecule has 1 aliphatic rings. The predicted octanol–water partition coefficient (Wildman–Crippen LogP) is 2.22. The zero-order chi connectivity index (χ0) is 16.7. The van der Waals surface area contributed by atoms with Crippen LogP contribution in [0.2, 0.25) is 0 Å². The second-order valence-electron chi connectivity index (χ2n) is 6.57. The number of nitrogens with zero attached hydrogens (tertiary/aromatic N) is 2. The maximum absolute atomic E-state index is 13.8. The molecule has 0 aliphatic carbocycles. The molecule has 7 heteroatoms. The van der Waals surface area contributed by atoms with E-state index in [1.165, 1.54) is 13.2 Å². The zero-order valence-electron chi connectivity index (χ0n) is 13.1. The molecule has 122 valence electrons. The lowest BCUT2D eigenvalue weighted by Crippen LogP contribution is -2.53. The van der Waals surface area contributed by atoms with Crippen LogP contribution in [0.5, 0.6) is 5.88 Å². The Kier molecular flexibility index (Phi) is 4.04. The van der Waals surface area contributed by atoms with Crippen molar-refractivity contribution in [2.24, 2.45) is 5.41 Å². The van der Waals surface area contributed by atoms with Gasteiger partial charge < -0.3 is 14.9 Å². The summed E-state index contributed by atoms with van der Waals surface area (Å²) in [4.78, 5) is 16.8. The van der Waals surface area contributed by atoms with Gasteiger partial charge in [0.05, 0.1) is 31.5 Å². The van der Waals surface area contributed by atoms with Gasteiger partial charge in [-0.25, -0.2) is 14.2 Å². The first-order chi connectivity index (χ1) is 10.1. The van der Waals surface area contributed by atoms with Crippen molar-refractivity contribution in [1.29, 1.82) is 0 Å². The molecule has 2 rings (SSSR count). The molecule has 2 N–H and O–H groups in total. The average molecular weight is 312 g/mol. The number of ether oxygens (including phenoxy) is 1. The highest BCUT2D eigenvalue weighted by Crippen LogP contribution is 2.53. The van der Waals surface area contributed by atoms with Crippen LogP contribution in [0.4, 0.5) is 9.18 Å². The number of aliphatic hydroxyl groups excluding tert-OH is 1. The largest absolute Gasteiger partial charge is 0.481 e. The quantitative estimate of drug-likeness (QED) is 0.875. The van der Waals surface area contributed by atoms with Crippen molar-refractivity contribution in [3.8, 4) is 5.88 Å². The lowest BCUT2D eigenvalue weighted by Gasteiger charge is -2.47. The molecular formula is C15H21FN2O4. The van der Waals surface area contributed by atoms with Crippen LogP contribution in [0.25, 0.3) is 0 Å². The van der Waals surface area contributed by atoms with Crippen LogP contribution in [0, 0.1) is 11.2 Å². The molecule has 2 atom stereocenters. The van der Waals surface area contributed by atoms with Crippen LogP contribution in [0.15, 0.2) is 12.3 Å². The number of hydrogen-bond acceptors (Lipinski definition) is 4. The van der Waals surface area contributed by atoms with E-state index in [2.05, 4.69) is 4.98 Å². The first-order valence-corrected chi connectivity index (χ1v) is 7.02. The van der Waals surface area contributed by atoms with Crippen molar-refractivity contribution in [3.63, 3.8) is 0 Å². The third-order valence-corrected chi connectivity index (χ3v) is 4.31. The van der Waals surface area contributed by atoms with Crippen molar-refractivity contribution in [1.82, 2.24) is 9.88 Å². The standard InChI is InChI=1S/C15H21FN2O4/c1-14(2,3)15(6-10(19)8-18(15)13(20)21)11-5-9(16)7-17-12(11)22-4/h5,7,10,19H,6,8H2,1-4H3,(H,20,21)/t10?,15-/m0/s1. The summed E-state index contributed by atoms with van der Waals surface area (Å²) < 4.78 is 19.0. The third kappa shape index (κ3) is 2.39. The summed E-state index contributed by atoms with van der Waals surface area (Å²) >= 11 is 0. The molecule has 1 fully saturated rings. The van der Waals surface area contributed by atoms with E-state index in [0.717, 1.165) is 11.1 Å². The highest BCUT2D eigenvalue weighted by atomic mass is 19.1. The number of rotatable bonds is 2. The number of halogens is 1. The number of pyridine rings is 1. The summed E-state index contributed by atoms with van der Waals surface area (Å²) in [5.41, 5.74) is -1.40. The fourth-order valence-corrected chi connectivity index (χ4v) is 3.38. The normalized spacial score (nSPS) is 25.4. The number of carbonyl (C=O) groups is 1. The van der Waals surface area contributed by atoms with Crippen molar-refractivity contribution < 1.29 is 24.1 Å². The van der Waals surface area contributed by atoms with E-state index in [0.29, 0.717) is 5.56 Å². The van der Waals surface area contributed by atoms with Gasteiger partial charge in [0.1, 0.15) is 5.82 Å². The molecule has 0 aromatic carbocycles. The summed E-state index contributed by atoms with van der Waals surface area (Å²) in [6.45, 7) is 5.52. The van der Waals surface area contributed by atoms with E-state index in [-0.39, 0.29) is 18.8 Å². The molecule has 0 spiro atoms. The molecule has 1 amide bonds. The monoisotopic (exact) mass is 312 g/mol. The number of aliphatic hydroxyl groups is 1. The first-order valence-electron chi connectivity index (χ1n) is 7.02. The second-order valence-corrected chi connectivity index (χ2v) is 6.57. The lowest BCUT2D eigenvalue weighted by atomic mass is 9.67. The van der Waals surface area contributed by atoms with Crippen LogP contribution in [0.1, 0.15) is 32.8 Å². The SMILES string of the molecule is COc1ncc(F)cc1[C@]1(C(C)(C)C)CC(O)CN1C(=O)O. The van der Waals surface area contributed by atoms with Gasteiger partial charge >= 0.3 is 6.09 Å². The Bertz CT molecular complexity index is 587. The molecule has 22 heavy (non-hydrogen) atoms. The minimum Gasteiger partial charge on any atom is -0.481 e. The van der Waals surface area contributed by atoms with Gasteiger partial charge in [-0.15, -0.1) is 0 Å². The van der Waals surface area contributed by atoms with Crippen molar-refractivity contribution in [2.75, 3.05) is 13.7 Å². The molecular weight excluding hydrogens is 291 g/mol. The van der Waals surface area contributed by atoms with Gasteiger partial charge in [0.25, 0.3) is 0 Å². The molecule has 1 aromatic heterocycles. The van der Waals surface area contributed by atoms with E-state index in [9.17, 15) is 19.4 Å². The summed E-state index contributed by atoms with van der Waals surface area (Å²) in [6.07, 6.45) is -0.819. The van der Waals surface area contributed by atoms with Crippen molar-refractivity contribution >= 4 is 6.09 Å². The van der Waals surface area contributed by atoms with E-state index in [4.69, 9.17) is 4.74 Å². The Balaban J connectivity index is 2.76. The van der Waals surface area contributed by atoms with Crippen LogP contribution < -0.4 is 4.74 Å². The minimum atomic E-state index is -1.17. The average Bonchev–Trinajstić information content (AvgIpc) is 2.77. The van der Waals surface area contributed by atoms with E-state index < -0.39 is 29.0 Å². The summed E-state index contributed by atoms with van der Waals surface area (Å²) in [6, 6.07) is 1.24. The van der Waals surface area contributed by atoms with Gasteiger partial charge in [-0.2, -0.15) is 0 Å². The maximum atomic E-state index is 13.8. The number of likely N-dealkylation sites (tertiary alicyclic amines) is 1. The predicted molar refractivity (Wildman–Crippen MR) is 77.2 cm³/mol. The summed E-state index contributed by atoms with van der Waals surface area (Å²) in [5, 5.41) is 19.7. The second kappa shape index (κ2) is 5.39. The van der Waals surface area contributed by atoms with E-state index in [1.54, 1.807) is 0 Å². The number of amides is 1. The Morgan fingerprint density at radius 2 is 2.18 bits per heavy atom. The number of methoxy groups -OCH3 is 1. The molecule has 0 saturated carbocycles. The van der Waals surface area contributed by atoms with E-state index >= 15 is 0 Å². The van der Waals surface area contributed by atoms with Gasteiger partial charge in [0.2, 0.25) is 5.88 Å². The van der Waals surface area contributed by atoms with Gasteiger partial charge in [-0.3, -0.25) is 4.90 Å². The highest BCUT2D eigenvalue weighted by Gasteiger charge is 2.57. The van der Waals surface area contributed by atoms with Gasteiger partial charge in [0.15, 0.2) is 0 Å². The molecule has 1 aliphatic heterocycles. The molecule has 1 saturated heterocycles. The molecule has 0 bridgehead atoms. The van der Waals surface area contributed by atoms with Crippen LogP contribution in [-0.4, -0.2) is 45.9 Å². The molecule has 0 radical (unpaired) electrons. The first kappa shape index (κ1) is 16.5. The summed E-state index contributed by atoms with van der Waals surface area (Å²) in [5.74, 6) is -0.414. The smallest absolute Gasteiger partial charge is 0.408 e. The van der Waals surface area contributed by atoms with Crippen LogP contribution in [-0.2, 0) is 5.54 Å². The van der Waals surface area contributed by atoms with Gasteiger partial charge in [0, 0.05) is 12.0 Å². The Morgan fingerprint density at radius 1 is 1.55 bits per heavy atom. The Hall–Kier alpha value is -1.89. The van der Waals surface area contributed by atoms with Crippen molar-refractivity contribution in [3.05, 3.63) is 23.6 Å². The number of aromatic nitrogens is 1. The zero-order valence-corrected chi connectivity index (χ0v) is 13.1. The number of β-amino-alcohol motifs (C(OH)–C–C–N with tert-alkyl or cyclic N) is 1. The lowest BCUT2D eigenvalue weighted by molar-refractivity contribution is 0.0247. The molecule has 6 nitrogen and oxygen atoms in total. The Morgan fingerprint density at radius 3 is 2.68 bits per heavy atom. The van der Waals surface area contributed by atoms with Crippen LogP contribution >= 0.6 is 0 Å². The maximum Gasteiger partial charge on any atom is 0.408 e. The van der Waals surface area contributed by atoms with Crippen LogP contribution in [0.3, 0.4) is 0 Å². The van der Waals surface area contributed by atoms with Gasteiger partial charge in [-0.05, 0) is 11.5 Å². The van der Waals surface area contributed by atoms with Crippen molar-refractivity contribution in [2.45, 2.75) is 38.8 Å². The number of hydrogen-bond donors (Lipinski definition) is 2. The summed E-state index contributed by atoms with van der Waals surface area (Å²) in [7, 11) is 1.40. The number of carboxylic acid groups (broad SMARTS) is 1. The molecule has 1 unspecified atom stereocenters. The van der Waals surface area contributed by atoms with E-state index in [1.807, 2.05) is 20.8 Å². The minimum absolute atomic E-state index is 0.0354. The highest BCUT2D eigenvalue weighted by molar-refractivity contribution is 5.68.